The maximum Gasteiger partial charge on any atom is 0.311 e. The quantitative estimate of drug-likeness (QED) is 0.723. The Balaban J connectivity index is 2.34. The van der Waals surface area contributed by atoms with Crippen molar-refractivity contribution >= 4 is 11.9 Å². The molecule has 0 aromatic heterocycles. The maximum atomic E-state index is 11.9. The highest BCUT2D eigenvalue weighted by Gasteiger charge is 2.34. The summed E-state index contributed by atoms with van der Waals surface area (Å²) >= 11 is 0. The number of carbonyl (C=O) groups is 2. The Kier molecular flexibility index (Phi) is 6.03. The van der Waals surface area contributed by atoms with Gasteiger partial charge in [0.05, 0.1) is 11.8 Å². The lowest BCUT2D eigenvalue weighted by atomic mass is 9.83. The Morgan fingerprint density at radius 2 is 1.70 bits per heavy atom. The largest absolute Gasteiger partial charge is 0.465 e. The zero-order valence-corrected chi connectivity index (χ0v) is 13.3. The van der Waals surface area contributed by atoms with E-state index in [9.17, 15) is 9.59 Å². The minimum atomic E-state index is -0.530. The van der Waals surface area contributed by atoms with E-state index in [2.05, 4.69) is 6.92 Å². The first-order valence-electron chi connectivity index (χ1n) is 7.68. The van der Waals surface area contributed by atoms with E-state index >= 15 is 0 Å². The molecule has 0 bridgehead atoms. The van der Waals surface area contributed by atoms with Crippen molar-refractivity contribution in [1.82, 2.24) is 0 Å². The topological polar surface area (TPSA) is 52.6 Å². The molecule has 4 heteroatoms. The first kappa shape index (κ1) is 17.0. The van der Waals surface area contributed by atoms with Gasteiger partial charge in [0.1, 0.15) is 12.2 Å². The van der Waals surface area contributed by atoms with Crippen molar-refractivity contribution in [3.8, 4) is 0 Å². The Labute approximate surface area is 122 Å². The van der Waals surface area contributed by atoms with Crippen LogP contribution < -0.4 is 0 Å². The molecule has 0 atom stereocenters. The van der Waals surface area contributed by atoms with Gasteiger partial charge < -0.3 is 9.47 Å². The van der Waals surface area contributed by atoms with Gasteiger partial charge in [-0.1, -0.05) is 13.3 Å². The van der Waals surface area contributed by atoms with Gasteiger partial charge in [0.15, 0.2) is 0 Å². The second-order valence-electron chi connectivity index (χ2n) is 6.71. The molecule has 0 amide bonds. The van der Waals surface area contributed by atoms with Crippen LogP contribution in [0.4, 0.5) is 0 Å². The molecule has 0 aromatic rings. The predicted molar refractivity (Wildman–Crippen MR) is 77.2 cm³/mol. The SMILES string of the molecule is CCC1(OC(=O)CCOC(=O)C(C)(C)C)CCCCC1. The molecule has 1 aliphatic rings. The lowest BCUT2D eigenvalue weighted by Crippen LogP contribution is -2.37. The number of ether oxygens (including phenoxy) is 2. The van der Waals surface area contributed by atoms with Gasteiger partial charge in [0.25, 0.3) is 0 Å². The van der Waals surface area contributed by atoms with E-state index in [1.807, 2.05) is 0 Å². The second-order valence-corrected chi connectivity index (χ2v) is 6.71. The van der Waals surface area contributed by atoms with Gasteiger partial charge in [0, 0.05) is 0 Å². The van der Waals surface area contributed by atoms with Crippen LogP contribution in [0, 0.1) is 5.41 Å². The minimum absolute atomic E-state index is 0.106. The highest BCUT2D eigenvalue weighted by molar-refractivity contribution is 5.76. The third kappa shape index (κ3) is 5.14. The second kappa shape index (κ2) is 7.09. The molecule has 1 aliphatic carbocycles. The van der Waals surface area contributed by atoms with E-state index in [1.165, 1.54) is 6.42 Å². The van der Waals surface area contributed by atoms with Crippen molar-refractivity contribution in [3.63, 3.8) is 0 Å². The molecule has 1 saturated carbocycles. The lowest BCUT2D eigenvalue weighted by molar-refractivity contribution is -0.166. The van der Waals surface area contributed by atoms with Gasteiger partial charge in [-0.05, 0) is 52.9 Å². The van der Waals surface area contributed by atoms with Crippen LogP contribution in [0.3, 0.4) is 0 Å². The summed E-state index contributed by atoms with van der Waals surface area (Å²) in [6.45, 7) is 7.55. The van der Waals surface area contributed by atoms with Gasteiger partial charge in [-0.15, -0.1) is 0 Å². The van der Waals surface area contributed by atoms with Gasteiger partial charge in [-0.25, -0.2) is 0 Å². The standard InChI is InChI=1S/C16H28O4/c1-5-16(10-7-6-8-11-16)20-13(17)9-12-19-14(18)15(2,3)4/h5-12H2,1-4H3. The molecule has 0 N–H and O–H groups in total. The highest BCUT2D eigenvalue weighted by Crippen LogP contribution is 2.34. The van der Waals surface area contributed by atoms with Crippen molar-refractivity contribution in [3.05, 3.63) is 0 Å². The van der Waals surface area contributed by atoms with E-state index < -0.39 is 5.41 Å². The average molecular weight is 284 g/mol. The number of carbonyl (C=O) groups excluding carboxylic acids is 2. The van der Waals surface area contributed by atoms with E-state index in [0.29, 0.717) is 0 Å². The molecule has 0 unspecified atom stereocenters. The Morgan fingerprint density at radius 1 is 1.10 bits per heavy atom. The molecular formula is C16H28O4. The molecule has 0 heterocycles. The van der Waals surface area contributed by atoms with Gasteiger partial charge >= 0.3 is 11.9 Å². The van der Waals surface area contributed by atoms with Gasteiger partial charge in [0.2, 0.25) is 0 Å². The van der Waals surface area contributed by atoms with E-state index in [-0.39, 0.29) is 30.6 Å². The van der Waals surface area contributed by atoms with Crippen LogP contribution in [-0.2, 0) is 19.1 Å². The molecule has 1 fully saturated rings. The lowest BCUT2D eigenvalue weighted by Gasteiger charge is -2.36. The van der Waals surface area contributed by atoms with Crippen LogP contribution in [0.2, 0.25) is 0 Å². The molecule has 1 rings (SSSR count). The molecular weight excluding hydrogens is 256 g/mol. The molecule has 4 nitrogen and oxygen atoms in total. The number of rotatable bonds is 5. The zero-order chi connectivity index (χ0) is 15.2. The third-order valence-corrected chi connectivity index (χ3v) is 3.89. The molecule has 0 radical (unpaired) electrons. The van der Waals surface area contributed by atoms with Crippen LogP contribution in [0.15, 0.2) is 0 Å². The highest BCUT2D eigenvalue weighted by atomic mass is 16.6. The summed E-state index contributed by atoms with van der Waals surface area (Å²) in [5.74, 6) is -0.538. The Hall–Kier alpha value is -1.06. The zero-order valence-electron chi connectivity index (χ0n) is 13.3. The van der Waals surface area contributed by atoms with E-state index in [4.69, 9.17) is 9.47 Å². The fraction of sp³-hybridized carbons (Fsp3) is 0.875. The maximum absolute atomic E-state index is 11.9. The van der Waals surface area contributed by atoms with E-state index in [0.717, 1.165) is 32.1 Å². The molecule has 0 saturated heterocycles. The average Bonchev–Trinajstić information content (AvgIpc) is 2.38. The van der Waals surface area contributed by atoms with Crippen LogP contribution in [-0.4, -0.2) is 24.1 Å². The molecule has 20 heavy (non-hydrogen) atoms. The molecule has 0 aliphatic heterocycles. The predicted octanol–water partition coefficient (Wildman–Crippen LogP) is 3.62. The number of hydrogen-bond donors (Lipinski definition) is 0. The minimum Gasteiger partial charge on any atom is -0.465 e. The van der Waals surface area contributed by atoms with Crippen LogP contribution in [0.1, 0.15) is 72.6 Å². The monoisotopic (exact) mass is 284 g/mol. The molecule has 0 aromatic carbocycles. The van der Waals surface area contributed by atoms with Crippen molar-refractivity contribution in [1.29, 1.82) is 0 Å². The summed E-state index contributed by atoms with van der Waals surface area (Å²) in [7, 11) is 0. The van der Waals surface area contributed by atoms with Crippen molar-refractivity contribution in [2.45, 2.75) is 78.2 Å². The third-order valence-electron chi connectivity index (χ3n) is 3.89. The summed E-state index contributed by atoms with van der Waals surface area (Å²) in [4.78, 5) is 23.5. The Morgan fingerprint density at radius 3 is 2.20 bits per heavy atom. The van der Waals surface area contributed by atoms with Crippen LogP contribution in [0.25, 0.3) is 0 Å². The summed E-state index contributed by atoms with van der Waals surface area (Å²) < 4.78 is 10.8. The van der Waals surface area contributed by atoms with E-state index in [1.54, 1.807) is 20.8 Å². The summed E-state index contributed by atoms with van der Waals surface area (Å²) in [5.41, 5.74) is -0.804. The smallest absolute Gasteiger partial charge is 0.311 e. The first-order chi connectivity index (χ1) is 9.29. The molecule has 0 spiro atoms. The number of hydrogen-bond acceptors (Lipinski definition) is 4. The van der Waals surface area contributed by atoms with Crippen LogP contribution >= 0.6 is 0 Å². The van der Waals surface area contributed by atoms with Crippen LogP contribution in [0.5, 0.6) is 0 Å². The normalized spacial score (nSPS) is 18.4. The fourth-order valence-corrected chi connectivity index (χ4v) is 2.46. The van der Waals surface area contributed by atoms with Crippen molar-refractivity contribution in [2.75, 3.05) is 6.61 Å². The summed E-state index contributed by atoms with van der Waals surface area (Å²) in [6, 6.07) is 0. The fourth-order valence-electron chi connectivity index (χ4n) is 2.46. The van der Waals surface area contributed by atoms with Gasteiger partial charge in [-0.3, -0.25) is 9.59 Å². The van der Waals surface area contributed by atoms with Gasteiger partial charge in [-0.2, -0.15) is 0 Å². The molecule has 116 valence electrons. The summed E-state index contributed by atoms with van der Waals surface area (Å²) in [5, 5.41) is 0. The van der Waals surface area contributed by atoms with Crippen molar-refractivity contribution in [2.24, 2.45) is 5.41 Å². The Bertz CT molecular complexity index is 335. The van der Waals surface area contributed by atoms with Crippen molar-refractivity contribution < 1.29 is 19.1 Å². The summed E-state index contributed by atoms with van der Waals surface area (Å²) in [6.07, 6.45) is 6.39. The first-order valence-corrected chi connectivity index (χ1v) is 7.68. The number of esters is 2.